The molecule has 18 heavy (non-hydrogen) atoms. The van der Waals surface area contributed by atoms with Gasteiger partial charge in [-0.1, -0.05) is 11.8 Å². The number of hydrogen-bond donors (Lipinski definition) is 1. The van der Waals surface area contributed by atoms with Crippen LogP contribution in [0.15, 0.2) is 40.6 Å². The number of imidazole rings is 1. The van der Waals surface area contributed by atoms with Crippen molar-refractivity contribution >= 4 is 23.4 Å². The quantitative estimate of drug-likeness (QED) is 0.677. The summed E-state index contributed by atoms with van der Waals surface area (Å²) < 4.78 is 6.58. The summed E-state index contributed by atoms with van der Waals surface area (Å²) >= 11 is 1.46. The number of nitrogens with two attached hydrogens (primary N) is 1. The SMILES string of the molecule is COC(=O)c1cc(Sc2nccn2C)ccc1N. The van der Waals surface area contributed by atoms with Crippen LogP contribution in [0, 0.1) is 0 Å². The predicted octanol–water partition coefficient (Wildman–Crippen LogP) is 1.94. The van der Waals surface area contributed by atoms with Gasteiger partial charge in [-0.15, -0.1) is 0 Å². The van der Waals surface area contributed by atoms with Crippen molar-refractivity contribution in [3.63, 3.8) is 0 Å². The number of anilines is 1. The Morgan fingerprint density at radius 3 is 2.89 bits per heavy atom. The van der Waals surface area contributed by atoms with E-state index in [1.807, 2.05) is 23.9 Å². The fourth-order valence-corrected chi connectivity index (χ4v) is 2.28. The average Bonchev–Trinajstić information content (AvgIpc) is 2.76. The van der Waals surface area contributed by atoms with Crippen molar-refractivity contribution in [2.45, 2.75) is 10.1 Å². The number of aromatic nitrogens is 2. The van der Waals surface area contributed by atoms with E-state index in [-0.39, 0.29) is 0 Å². The topological polar surface area (TPSA) is 70.1 Å². The van der Waals surface area contributed by atoms with Crippen molar-refractivity contribution in [2.24, 2.45) is 7.05 Å². The van der Waals surface area contributed by atoms with E-state index in [1.54, 1.807) is 18.3 Å². The second-order valence-corrected chi connectivity index (χ2v) is 4.70. The highest BCUT2D eigenvalue weighted by atomic mass is 32.2. The molecule has 0 bridgehead atoms. The van der Waals surface area contributed by atoms with Crippen LogP contribution in [0.1, 0.15) is 10.4 Å². The zero-order valence-corrected chi connectivity index (χ0v) is 10.9. The monoisotopic (exact) mass is 263 g/mol. The summed E-state index contributed by atoms with van der Waals surface area (Å²) in [6.07, 6.45) is 3.59. The maximum atomic E-state index is 11.5. The second kappa shape index (κ2) is 5.14. The number of methoxy groups -OCH3 is 1. The Hall–Kier alpha value is -1.95. The van der Waals surface area contributed by atoms with Gasteiger partial charge in [0.15, 0.2) is 5.16 Å². The van der Waals surface area contributed by atoms with Gasteiger partial charge in [-0.05, 0) is 18.2 Å². The van der Waals surface area contributed by atoms with Gasteiger partial charge in [-0.2, -0.15) is 0 Å². The van der Waals surface area contributed by atoms with Crippen LogP contribution in [0.2, 0.25) is 0 Å². The predicted molar refractivity (Wildman–Crippen MR) is 69.5 cm³/mol. The Labute approximate surface area is 109 Å². The maximum absolute atomic E-state index is 11.5. The Bertz CT molecular complexity index is 580. The normalized spacial score (nSPS) is 10.3. The summed E-state index contributed by atoms with van der Waals surface area (Å²) in [6.45, 7) is 0. The minimum atomic E-state index is -0.435. The number of rotatable bonds is 3. The third kappa shape index (κ3) is 2.48. The second-order valence-electron chi connectivity index (χ2n) is 3.66. The first-order chi connectivity index (χ1) is 8.61. The first kappa shape index (κ1) is 12.5. The van der Waals surface area contributed by atoms with E-state index in [0.717, 1.165) is 10.1 Å². The number of hydrogen-bond acceptors (Lipinski definition) is 5. The zero-order chi connectivity index (χ0) is 13.1. The molecule has 1 aromatic heterocycles. The summed E-state index contributed by atoms with van der Waals surface area (Å²) in [6, 6.07) is 5.25. The van der Waals surface area contributed by atoms with Crippen LogP contribution in [-0.2, 0) is 11.8 Å². The first-order valence-corrected chi connectivity index (χ1v) is 6.06. The van der Waals surface area contributed by atoms with E-state index in [2.05, 4.69) is 9.72 Å². The maximum Gasteiger partial charge on any atom is 0.339 e. The van der Waals surface area contributed by atoms with Crippen molar-refractivity contribution in [3.8, 4) is 0 Å². The lowest BCUT2D eigenvalue weighted by atomic mass is 10.2. The molecule has 2 aromatic rings. The number of benzene rings is 1. The van der Waals surface area contributed by atoms with Gasteiger partial charge < -0.3 is 15.0 Å². The van der Waals surface area contributed by atoms with Gasteiger partial charge in [0, 0.05) is 30.0 Å². The Balaban J connectivity index is 2.30. The summed E-state index contributed by atoms with van der Waals surface area (Å²) in [4.78, 5) is 16.6. The largest absolute Gasteiger partial charge is 0.465 e. The molecule has 6 heteroatoms. The molecule has 0 amide bonds. The van der Waals surface area contributed by atoms with Crippen molar-refractivity contribution in [3.05, 3.63) is 36.2 Å². The number of carbonyl (C=O) groups is 1. The molecule has 0 saturated carbocycles. The highest BCUT2D eigenvalue weighted by molar-refractivity contribution is 7.99. The van der Waals surface area contributed by atoms with E-state index in [1.165, 1.54) is 18.9 Å². The minimum absolute atomic E-state index is 0.372. The summed E-state index contributed by atoms with van der Waals surface area (Å²) in [5, 5.41) is 0.843. The van der Waals surface area contributed by atoms with Crippen LogP contribution in [0.5, 0.6) is 0 Å². The molecule has 0 spiro atoms. The molecule has 2 rings (SSSR count). The van der Waals surface area contributed by atoms with E-state index in [4.69, 9.17) is 5.73 Å². The molecule has 1 aromatic carbocycles. The Morgan fingerprint density at radius 2 is 2.28 bits per heavy atom. The molecule has 0 fully saturated rings. The van der Waals surface area contributed by atoms with Crippen molar-refractivity contribution < 1.29 is 9.53 Å². The van der Waals surface area contributed by atoms with Gasteiger partial charge in [0.05, 0.1) is 12.7 Å². The molecular formula is C12H13N3O2S. The van der Waals surface area contributed by atoms with Gasteiger partial charge in [0.25, 0.3) is 0 Å². The number of esters is 1. The van der Waals surface area contributed by atoms with Crippen LogP contribution in [0.4, 0.5) is 5.69 Å². The third-order valence-electron chi connectivity index (χ3n) is 2.42. The molecule has 0 radical (unpaired) electrons. The number of aryl methyl sites for hydroxylation is 1. The first-order valence-electron chi connectivity index (χ1n) is 5.25. The number of carbonyl (C=O) groups excluding carboxylic acids is 1. The lowest BCUT2D eigenvalue weighted by Crippen LogP contribution is -2.05. The van der Waals surface area contributed by atoms with Gasteiger partial charge in [-0.3, -0.25) is 0 Å². The van der Waals surface area contributed by atoms with Gasteiger partial charge in [0.2, 0.25) is 0 Å². The van der Waals surface area contributed by atoms with Crippen molar-refractivity contribution in [1.82, 2.24) is 9.55 Å². The number of nitrogen functional groups attached to an aromatic ring is 1. The Morgan fingerprint density at radius 1 is 1.50 bits per heavy atom. The summed E-state index contributed by atoms with van der Waals surface area (Å²) in [5.41, 5.74) is 6.52. The third-order valence-corrected chi connectivity index (χ3v) is 3.48. The van der Waals surface area contributed by atoms with E-state index in [0.29, 0.717) is 11.3 Å². The fraction of sp³-hybridized carbons (Fsp3) is 0.167. The van der Waals surface area contributed by atoms with E-state index < -0.39 is 5.97 Å². The molecule has 0 aliphatic rings. The standard InChI is InChI=1S/C12H13N3O2S/c1-15-6-5-14-12(15)18-8-3-4-10(13)9(7-8)11(16)17-2/h3-7H,13H2,1-2H3. The van der Waals surface area contributed by atoms with Crippen molar-refractivity contribution in [1.29, 1.82) is 0 Å². The molecule has 94 valence electrons. The minimum Gasteiger partial charge on any atom is -0.465 e. The van der Waals surface area contributed by atoms with Gasteiger partial charge in [0.1, 0.15) is 0 Å². The summed E-state index contributed by atoms with van der Waals surface area (Å²) in [7, 11) is 3.24. The molecule has 0 aliphatic carbocycles. The van der Waals surface area contributed by atoms with Crippen LogP contribution in [0.25, 0.3) is 0 Å². The smallest absolute Gasteiger partial charge is 0.339 e. The van der Waals surface area contributed by atoms with Gasteiger partial charge in [-0.25, -0.2) is 9.78 Å². The van der Waals surface area contributed by atoms with Crippen LogP contribution >= 0.6 is 11.8 Å². The molecule has 1 heterocycles. The zero-order valence-electron chi connectivity index (χ0n) is 10.1. The van der Waals surface area contributed by atoms with Crippen molar-refractivity contribution in [2.75, 3.05) is 12.8 Å². The highest BCUT2D eigenvalue weighted by Crippen LogP contribution is 2.28. The summed E-state index contributed by atoms with van der Waals surface area (Å²) in [5.74, 6) is -0.435. The molecule has 0 unspecified atom stereocenters. The molecular weight excluding hydrogens is 250 g/mol. The molecule has 0 aliphatic heterocycles. The lowest BCUT2D eigenvalue weighted by Gasteiger charge is -2.06. The fourth-order valence-electron chi connectivity index (χ4n) is 1.44. The van der Waals surface area contributed by atoms with Crippen LogP contribution in [0.3, 0.4) is 0 Å². The van der Waals surface area contributed by atoms with Gasteiger partial charge >= 0.3 is 5.97 Å². The highest BCUT2D eigenvalue weighted by Gasteiger charge is 2.12. The Kier molecular flexibility index (Phi) is 3.57. The van der Waals surface area contributed by atoms with Crippen LogP contribution < -0.4 is 5.73 Å². The van der Waals surface area contributed by atoms with E-state index in [9.17, 15) is 4.79 Å². The lowest BCUT2D eigenvalue weighted by molar-refractivity contribution is 0.0601. The molecule has 0 saturated heterocycles. The molecule has 5 nitrogen and oxygen atoms in total. The number of nitrogens with zero attached hydrogens (tertiary/aromatic N) is 2. The molecule has 0 atom stereocenters. The van der Waals surface area contributed by atoms with Crippen LogP contribution in [-0.4, -0.2) is 22.6 Å². The average molecular weight is 263 g/mol. The van der Waals surface area contributed by atoms with E-state index >= 15 is 0 Å². The number of ether oxygens (including phenoxy) is 1. The molecule has 2 N–H and O–H groups in total.